The lowest BCUT2D eigenvalue weighted by molar-refractivity contribution is 0.0283. The molecule has 1 heterocycles. The maximum atomic E-state index is 11.9. The van der Waals surface area contributed by atoms with Crippen LogP contribution in [-0.2, 0) is 17.8 Å². The Kier molecular flexibility index (Phi) is 4.44. The fourth-order valence-electron chi connectivity index (χ4n) is 2.11. The topological polar surface area (TPSA) is 67.3 Å². The van der Waals surface area contributed by atoms with E-state index in [-0.39, 0.29) is 5.56 Å². The predicted molar refractivity (Wildman–Crippen MR) is 80.1 cm³/mol. The number of nitrogens with zero attached hydrogens (tertiary/aromatic N) is 2. The van der Waals surface area contributed by atoms with Crippen LogP contribution >= 0.6 is 0 Å². The molecule has 0 bridgehead atoms. The lowest BCUT2D eigenvalue weighted by Gasteiger charge is -2.24. The largest absolute Gasteiger partial charge is 0.444 e. The summed E-state index contributed by atoms with van der Waals surface area (Å²) in [6, 6.07) is 1.55. The van der Waals surface area contributed by atoms with Gasteiger partial charge >= 0.3 is 6.09 Å². The van der Waals surface area contributed by atoms with Gasteiger partial charge in [0.15, 0.2) is 0 Å². The van der Waals surface area contributed by atoms with Crippen LogP contribution in [0.25, 0.3) is 0 Å². The van der Waals surface area contributed by atoms with Crippen molar-refractivity contribution < 1.29 is 9.53 Å². The summed E-state index contributed by atoms with van der Waals surface area (Å²) in [5.41, 5.74) is 0.169. The molecule has 6 nitrogen and oxygen atoms in total. The molecule has 1 saturated carbocycles. The van der Waals surface area contributed by atoms with Crippen molar-refractivity contribution in [2.75, 3.05) is 7.05 Å². The van der Waals surface area contributed by atoms with Crippen LogP contribution in [0.1, 0.15) is 45.7 Å². The molecule has 1 aromatic rings. The highest BCUT2D eigenvalue weighted by atomic mass is 16.6. The van der Waals surface area contributed by atoms with Crippen molar-refractivity contribution in [1.82, 2.24) is 14.7 Å². The minimum absolute atomic E-state index is 0.0387. The molecule has 1 amide bonds. The zero-order chi connectivity index (χ0) is 15.6. The molecule has 0 atom stereocenters. The number of H-pyrrole nitrogens is 1. The molecular formula is C15H25N3O3. The molecule has 0 radical (unpaired) electrons. The number of hydrogen-bond donors (Lipinski definition) is 1. The first kappa shape index (κ1) is 15.7. The van der Waals surface area contributed by atoms with E-state index in [2.05, 4.69) is 5.10 Å². The summed E-state index contributed by atoms with van der Waals surface area (Å²) in [7, 11) is 1.66. The van der Waals surface area contributed by atoms with Crippen LogP contribution < -0.4 is 5.56 Å². The average molecular weight is 295 g/mol. The molecule has 1 aromatic heterocycles. The molecular weight excluding hydrogens is 270 g/mol. The molecule has 21 heavy (non-hydrogen) atoms. The molecule has 1 aliphatic rings. The van der Waals surface area contributed by atoms with E-state index < -0.39 is 11.7 Å². The maximum absolute atomic E-state index is 11.9. The standard InChI is InChI=1S/C15H25N3O3/c1-15(2,3)21-14(20)17(4)10-12-9-13(19)18(16-12)8-7-11-5-6-11/h9,11,16H,5-8,10H2,1-4H3. The van der Waals surface area contributed by atoms with Crippen LogP contribution in [0, 0.1) is 5.92 Å². The third-order valence-electron chi connectivity index (χ3n) is 3.41. The molecule has 1 N–H and O–H groups in total. The second-order valence-corrected chi connectivity index (χ2v) is 6.84. The first-order valence-corrected chi connectivity index (χ1v) is 7.47. The van der Waals surface area contributed by atoms with E-state index in [0.717, 1.165) is 24.6 Å². The van der Waals surface area contributed by atoms with Gasteiger partial charge in [-0.3, -0.25) is 14.6 Å². The highest BCUT2D eigenvalue weighted by molar-refractivity contribution is 5.67. The van der Waals surface area contributed by atoms with E-state index in [1.54, 1.807) is 17.8 Å². The molecule has 118 valence electrons. The summed E-state index contributed by atoms with van der Waals surface area (Å²) in [5, 5.41) is 3.07. The van der Waals surface area contributed by atoms with Gasteiger partial charge in [0.25, 0.3) is 5.56 Å². The summed E-state index contributed by atoms with van der Waals surface area (Å²) in [6.07, 6.45) is 3.21. The summed E-state index contributed by atoms with van der Waals surface area (Å²) in [5.74, 6) is 0.785. The van der Waals surface area contributed by atoms with E-state index in [1.165, 1.54) is 17.7 Å². The van der Waals surface area contributed by atoms with Gasteiger partial charge in [0.05, 0.1) is 12.2 Å². The minimum atomic E-state index is -0.519. The average Bonchev–Trinajstić information content (AvgIpc) is 3.10. The highest BCUT2D eigenvalue weighted by Gasteiger charge is 2.22. The van der Waals surface area contributed by atoms with Crippen molar-refractivity contribution >= 4 is 6.09 Å². The van der Waals surface area contributed by atoms with E-state index in [4.69, 9.17) is 4.74 Å². The lowest BCUT2D eigenvalue weighted by Crippen LogP contribution is -2.33. The number of nitrogens with one attached hydrogen (secondary N) is 1. The number of amides is 1. The van der Waals surface area contributed by atoms with Crippen LogP contribution in [-0.4, -0.2) is 33.4 Å². The number of aromatic amines is 1. The van der Waals surface area contributed by atoms with Crippen molar-refractivity contribution in [1.29, 1.82) is 0 Å². The Balaban J connectivity index is 1.91. The van der Waals surface area contributed by atoms with Gasteiger partial charge in [-0.2, -0.15) is 0 Å². The van der Waals surface area contributed by atoms with Crippen molar-refractivity contribution in [3.05, 3.63) is 22.1 Å². The SMILES string of the molecule is CN(Cc1cc(=O)n(CCC2CC2)[nH]1)C(=O)OC(C)(C)C. The predicted octanol–water partition coefficient (Wildman–Crippen LogP) is 2.34. The Morgan fingerprint density at radius 3 is 2.71 bits per heavy atom. The normalized spacial score (nSPS) is 15.0. The third kappa shape index (κ3) is 4.95. The van der Waals surface area contributed by atoms with Gasteiger partial charge < -0.3 is 9.64 Å². The minimum Gasteiger partial charge on any atom is -0.444 e. The van der Waals surface area contributed by atoms with Crippen molar-refractivity contribution in [3.63, 3.8) is 0 Å². The second-order valence-electron chi connectivity index (χ2n) is 6.84. The molecule has 6 heteroatoms. The van der Waals surface area contributed by atoms with Gasteiger partial charge in [0.2, 0.25) is 0 Å². The van der Waals surface area contributed by atoms with Crippen LogP contribution in [0.3, 0.4) is 0 Å². The first-order chi connectivity index (χ1) is 9.74. The molecule has 0 aliphatic heterocycles. The van der Waals surface area contributed by atoms with Crippen molar-refractivity contribution in [2.24, 2.45) is 5.92 Å². The zero-order valence-electron chi connectivity index (χ0n) is 13.3. The van der Waals surface area contributed by atoms with Gasteiger partial charge in [0.1, 0.15) is 5.60 Å². The van der Waals surface area contributed by atoms with E-state index in [1.807, 2.05) is 20.8 Å². The fourth-order valence-corrected chi connectivity index (χ4v) is 2.11. The van der Waals surface area contributed by atoms with E-state index >= 15 is 0 Å². The van der Waals surface area contributed by atoms with Gasteiger partial charge in [-0.25, -0.2) is 4.79 Å². The number of aromatic nitrogens is 2. The van der Waals surface area contributed by atoms with Crippen molar-refractivity contribution in [3.8, 4) is 0 Å². The lowest BCUT2D eigenvalue weighted by atomic mass is 10.2. The number of carbonyl (C=O) groups is 1. The van der Waals surface area contributed by atoms with Crippen LogP contribution in [0.5, 0.6) is 0 Å². The first-order valence-electron chi connectivity index (χ1n) is 7.47. The monoisotopic (exact) mass is 295 g/mol. The van der Waals surface area contributed by atoms with Crippen LogP contribution in [0.15, 0.2) is 10.9 Å². The molecule has 0 spiro atoms. The molecule has 1 aliphatic carbocycles. The fraction of sp³-hybridized carbons (Fsp3) is 0.733. The number of carbonyl (C=O) groups excluding carboxylic acids is 1. The van der Waals surface area contributed by atoms with Gasteiger partial charge in [-0.15, -0.1) is 0 Å². The second kappa shape index (κ2) is 5.95. The molecule has 1 fully saturated rings. The Bertz CT molecular complexity index is 549. The molecule has 0 saturated heterocycles. The number of rotatable bonds is 5. The molecule has 0 aromatic carbocycles. The van der Waals surface area contributed by atoms with Crippen molar-refractivity contribution in [2.45, 2.75) is 58.7 Å². The van der Waals surface area contributed by atoms with Crippen LogP contribution in [0.2, 0.25) is 0 Å². The summed E-state index contributed by atoms with van der Waals surface area (Å²) >= 11 is 0. The Hall–Kier alpha value is -1.72. The van der Waals surface area contributed by atoms with Gasteiger partial charge in [0, 0.05) is 19.7 Å². The van der Waals surface area contributed by atoms with Crippen LogP contribution in [0.4, 0.5) is 4.79 Å². The van der Waals surface area contributed by atoms with E-state index in [0.29, 0.717) is 6.54 Å². The maximum Gasteiger partial charge on any atom is 0.410 e. The Labute approximate surface area is 125 Å². The zero-order valence-corrected chi connectivity index (χ0v) is 13.3. The van der Waals surface area contributed by atoms with E-state index in [9.17, 15) is 9.59 Å². The quantitative estimate of drug-likeness (QED) is 0.906. The number of ether oxygens (including phenoxy) is 1. The highest BCUT2D eigenvalue weighted by Crippen LogP contribution is 2.32. The number of hydrogen-bond acceptors (Lipinski definition) is 3. The summed E-state index contributed by atoms with van der Waals surface area (Å²) < 4.78 is 6.91. The number of aryl methyl sites for hydroxylation is 1. The summed E-state index contributed by atoms with van der Waals surface area (Å²) in [4.78, 5) is 25.2. The third-order valence-corrected chi connectivity index (χ3v) is 3.41. The molecule has 2 rings (SSSR count). The molecule has 0 unspecified atom stereocenters. The smallest absolute Gasteiger partial charge is 0.410 e. The van der Waals surface area contributed by atoms with Gasteiger partial charge in [-0.05, 0) is 33.1 Å². The Morgan fingerprint density at radius 1 is 1.48 bits per heavy atom. The Morgan fingerprint density at radius 2 is 2.14 bits per heavy atom. The van der Waals surface area contributed by atoms with Gasteiger partial charge in [-0.1, -0.05) is 12.8 Å². The summed E-state index contributed by atoms with van der Waals surface area (Å²) in [6.45, 7) is 6.54.